The number of rotatable bonds is 3. The molecule has 0 atom stereocenters. The van der Waals surface area contributed by atoms with Gasteiger partial charge in [0, 0.05) is 10.9 Å². The number of benzene rings is 1. The minimum Gasteiger partial charge on any atom is -0.504 e. The zero-order valence-electron chi connectivity index (χ0n) is 10.2. The second-order valence-corrected chi connectivity index (χ2v) is 4.33. The summed E-state index contributed by atoms with van der Waals surface area (Å²) >= 11 is 0. The van der Waals surface area contributed by atoms with Gasteiger partial charge < -0.3 is 20.3 Å². The highest BCUT2D eigenvalue weighted by molar-refractivity contribution is 5.99. The lowest BCUT2D eigenvalue weighted by molar-refractivity contribution is 0.0690. The van der Waals surface area contributed by atoms with Crippen LogP contribution in [0.25, 0.3) is 10.9 Å². The maximum absolute atomic E-state index is 11.1. The maximum atomic E-state index is 11.1. The lowest BCUT2D eigenvalue weighted by Crippen LogP contribution is -1.98. The predicted octanol–water partition coefficient (Wildman–Crippen LogP) is 2.54. The number of H-pyrrole nitrogens is 1. The van der Waals surface area contributed by atoms with E-state index in [1.165, 1.54) is 6.07 Å². The highest BCUT2D eigenvalue weighted by atomic mass is 16.4. The molecule has 4 N–H and O–H groups in total. The number of phenolic OH excluding ortho intramolecular Hbond substituents is 2. The number of aryl methyl sites for hydroxylation is 2. The van der Waals surface area contributed by atoms with Crippen LogP contribution in [-0.2, 0) is 6.42 Å². The van der Waals surface area contributed by atoms with Crippen LogP contribution in [0.2, 0.25) is 0 Å². The molecule has 96 valence electrons. The Labute approximate surface area is 104 Å². The van der Waals surface area contributed by atoms with Gasteiger partial charge in [-0.1, -0.05) is 13.3 Å². The summed E-state index contributed by atoms with van der Waals surface area (Å²) in [7, 11) is 0. The van der Waals surface area contributed by atoms with Crippen LogP contribution in [0.15, 0.2) is 6.07 Å². The van der Waals surface area contributed by atoms with Gasteiger partial charge in [0.15, 0.2) is 11.5 Å². The SMILES string of the molecule is CCCc1c(O)c(O)cc2c(C)c(C(=O)O)[nH]c12. The van der Waals surface area contributed by atoms with Crippen molar-refractivity contribution in [2.75, 3.05) is 0 Å². The summed E-state index contributed by atoms with van der Waals surface area (Å²) in [5.41, 5.74) is 1.79. The largest absolute Gasteiger partial charge is 0.504 e. The fourth-order valence-electron chi connectivity index (χ4n) is 2.21. The third-order valence-electron chi connectivity index (χ3n) is 3.12. The summed E-state index contributed by atoms with van der Waals surface area (Å²) in [5, 5.41) is 29.2. The van der Waals surface area contributed by atoms with Gasteiger partial charge in [-0.25, -0.2) is 4.79 Å². The fourth-order valence-corrected chi connectivity index (χ4v) is 2.21. The van der Waals surface area contributed by atoms with Gasteiger partial charge in [-0.2, -0.15) is 0 Å². The molecule has 1 heterocycles. The molecule has 0 amide bonds. The molecule has 0 bridgehead atoms. The van der Waals surface area contributed by atoms with Crippen LogP contribution in [0, 0.1) is 6.92 Å². The van der Waals surface area contributed by atoms with Gasteiger partial charge in [0.1, 0.15) is 5.69 Å². The number of aromatic carboxylic acids is 1. The number of carboxylic acid groups (broad SMARTS) is 1. The number of hydrogen-bond acceptors (Lipinski definition) is 3. The van der Waals surface area contributed by atoms with E-state index in [1.54, 1.807) is 6.92 Å². The zero-order valence-corrected chi connectivity index (χ0v) is 10.2. The Kier molecular flexibility index (Phi) is 2.90. The Balaban J connectivity index is 2.84. The molecule has 0 radical (unpaired) electrons. The average Bonchev–Trinajstić information content (AvgIpc) is 2.63. The van der Waals surface area contributed by atoms with Crippen molar-refractivity contribution in [3.05, 3.63) is 22.9 Å². The second-order valence-electron chi connectivity index (χ2n) is 4.33. The van der Waals surface area contributed by atoms with Gasteiger partial charge in [-0.15, -0.1) is 0 Å². The number of fused-ring (bicyclic) bond motifs is 1. The second kappa shape index (κ2) is 4.25. The number of aromatic hydroxyl groups is 2. The Bertz CT molecular complexity index is 628. The van der Waals surface area contributed by atoms with E-state index in [4.69, 9.17) is 5.11 Å². The minimum atomic E-state index is -1.05. The van der Waals surface area contributed by atoms with Crippen molar-refractivity contribution >= 4 is 16.9 Å². The molecule has 0 aliphatic heterocycles. The highest BCUT2D eigenvalue weighted by Gasteiger charge is 2.19. The first-order valence-corrected chi connectivity index (χ1v) is 5.76. The van der Waals surface area contributed by atoms with Crippen molar-refractivity contribution in [2.45, 2.75) is 26.7 Å². The lowest BCUT2D eigenvalue weighted by atomic mass is 10.0. The quantitative estimate of drug-likeness (QED) is 0.629. The van der Waals surface area contributed by atoms with Crippen LogP contribution in [0.3, 0.4) is 0 Å². The molecule has 0 fully saturated rings. The minimum absolute atomic E-state index is 0.0901. The number of phenols is 2. The smallest absolute Gasteiger partial charge is 0.352 e. The molecule has 1 aromatic carbocycles. The van der Waals surface area contributed by atoms with Gasteiger partial charge >= 0.3 is 5.97 Å². The molecule has 5 heteroatoms. The molecule has 2 rings (SSSR count). The van der Waals surface area contributed by atoms with E-state index in [0.717, 1.165) is 6.42 Å². The van der Waals surface area contributed by atoms with Crippen molar-refractivity contribution in [2.24, 2.45) is 0 Å². The molecule has 0 spiro atoms. The third kappa shape index (κ3) is 1.68. The Hall–Kier alpha value is -2.17. The monoisotopic (exact) mass is 249 g/mol. The molecule has 0 saturated carbocycles. The first-order valence-electron chi connectivity index (χ1n) is 5.76. The van der Waals surface area contributed by atoms with Gasteiger partial charge in [0.25, 0.3) is 0 Å². The summed E-state index contributed by atoms with van der Waals surface area (Å²) in [4.78, 5) is 13.9. The van der Waals surface area contributed by atoms with Gasteiger partial charge in [-0.3, -0.25) is 0 Å². The number of hydrogen-bond donors (Lipinski definition) is 4. The van der Waals surface area contributed by atoms with E-state index in [0.29, 0.717) is 28.5 Å². The number of aromatic amines is 1. The standard InChI is InChI=1S/C13H15NO4/c1-3-4-7-11-8(5-9(15)12(7)16)6(2)10(14-11)13(17)18/h5,14-16H,3-4H2,1-2H3,(H,17,18). The Morgan fingerprint density at radius 3 is 2.61 bits per heavy atom. The Morgan fingerprint density at radius 1 is 1.39 bits per heavy atom. The van der Waals surface area contributed by atoms with Crippen LogP contribution in [0.4, 0.5) is 0 Å². The molecule has 1 aromatic heterocycles. The van der Waals surface area contributed by atoms with E-state index < -0.39 is 5.97 Å². The lowest BCUT2D eigenvalue weighted by Gasteiger charge is -2.07. The number of aromatic nitrogens is 1. The van der Waals surface area contributed by atoms with E-state index in [-0.39, 0.29) is 17.2 Å². The molecular formula is C13H15NO4. The van der Waals surface area contributed by atoms with Crippen molar-refractivity contribution in [1.82, 2.24) is 4.98 Å². The van der Waals surface area contributed by atoms with Crippen LogP contribution >= 0.6 is 0 Å². The molecule has 0 aliphatic carbocycles. The van der Waals surface area contributed by atoms with Crippen LogP contribution < -0.4 is 0 Å². The summed E-state index contributed by atoms with van der Waals surface area (Å²) in [6.45, 7) is 3.62. The molecule has 2 aromatic rings. The van der Waals surface area contributed by atoms with E-state index in [9.17, 15) is 15.0 Å². The molecule has 18 heavy (non-hydrogen) atoms. The van der Waals surface area contributed by atoms with E-state index >= 15 is 0 Å². The van der Waals surface area contributed by atoms with Gasteiger partial charge in [-0.05, 0) is 25.0 Å². The molecule has 5 nitrogen and oxygen atoms in total. The van der Waals surface area contributed by atoms with Crippen molar-refractivity contribution < 1.29 is 20.1 Å². The van der Waals surface area contributed by atoms with Crippen molar-refractivity contribution in [3.8, 4) is 11.5 Å². The molecule has 0 saturated heterocycles. The Morgan fingerprint density at radius 2 is 2.06 bits per heavy atom. The molecular weight excluding hydrogens is 234 g/mol. The van der Waals surface area contributed by atoms with Gasteiger partial charge in [0.2, 0.25) is 0 Å². The molecule has 0 aliphatic rings. The topological polar surface area (TPSA) is 93.6 Å². The van der Waals surface area contributed by atoms with Crippen LogP contribution in [0.5, 0.6) is 11.5 Å². The first-order chi connectivity index (χ1) is 8.47. The highest BCUT2D eigenvalue weighted by Crippen LogP contribution is 2.38. The van der Waals surface area contributed by atoms with Crippen molar-refractivity contribution in [1.29, 1.82) is 0 Å². The summed E-state index contributed by atoms with van der Waals surface area (Å²) in [6, 6.07) is 1.39. The number of carboxylic acids is 1. The normalized spacial score (nSPS) is 11.0. The summed E-state index contributed by atoms with van der Waals surface area (Å²) in [6.07, 6.45) is 1.35. The van der Waals surface area contributed by atoms with E-state index in [1.807, 2.05) is 6.92 Å². The number of carbonyl (C=O) groups is 1. The van der Waals surface area contributed by atoms with Gasteiger partial charge in [0.05, 0.1) is 5.52 Å². The van der Waals surface area contributed by atoms with Crippen molar-refractivity contribution in [3.63, 3.8) is 0 Å². The summed E-state index contributed by atoms with van der Waals surface area (Å²) < 4.78 is 0. The average molecular weight is 249 g/mol. The van der Waals surface area contributed by atoms with Crippen LogP contribution in [0.1, 0.15) is 35.0 Å². The number of nitrogens with one attached hydrogen (secondary N) is 1. The third-order valence-corrected chi connectivity index (χ3v) is 3.12. The molecule has 0 unspecified atom stereocenters. The maximum Gasteiger partial charge on any atom is 0.352 e. The van der Waals surface area contributed by atoms with Crippen LogP contribution in [-0.4, -0.2) is 26.3 Å². The zero-order chi connectivity index (χ0) is 13.4. The van der Waals surface area contributed by atoms with E-state index in [2.05, 4.69) is 4.98 Å². The predicted molar refractivity (Wildman–Crippen MR) is 67.3 cm³/mol. The summed E-state index contributed by atoms with van der Waals surface area (Å²) in [5.74, 6) is -1.45. The fraction of sp³-hybridized carbons (Fsp3) is 0.308. The first kappa shape index (κ1) is 12.3.